The van der Waals surface area contributed by atoms with Gasteiger partial charge in [-0.05, 0) is 37.5 Å². The quantitative estimate of drug-likeness (QED) is 0.871. The first-order valence-corrected chi connectivity index (χ1v) is 6.44. The number of nitrogens with one attached hydrogen (secondary N) is 1. The normalized spacial score (nSPS) is 19.7. The SMILES string of the molecule is CC(NC(=O)C1(N)CCOCC1)c1cccc(F)c1. The van der Waals surface area contributed by atoms with Gasteiger partial charge in [-0.3, -0.25) is 4.79 Å². The fraction of sp³-hybridized carbons (Fsp3) is 0.500. The van der Waals surface area contributed by atoms with Crippen molar-refractivity contribution in [1.82, 2.24) is 5.32 Å². The Hall–Kier alpha value is -1.46. The molecule has 0 aromatic heterocycles. The molecule has 0 radical (unpaired) electrons. The van der Waals surface area contributed by atoms with Crippen molar-refractivity contribution in [3.63, 3.8) is 0 Å². The Morgan fingerprint density at radius 3 is 2.79 bits per heavy atom. The molecule has 1 aliphatic heterocycles. The summed E-state index contributed by atoms with van der Waals surface area (Å²) in [4.78, 5) is 12.2. The van der Waals surface area contributed by atoms with Gasteiger partial charge in [0.15, 0.2) is 0 Å². The zero-order chi connectivity index (χ0) is 13.9. The summed E-state index contributed by atoms with van der Waals surface area (Å²) in [7, 11) is 0. The third-order valence-electron chi connectivity index (χ3n) is 3.53. The molecule has 0 saturated carbocycles. The summed E-state index contributed by atoms with van der Waals surface area (Å²) in [6.07, 6.45) is 1.02. The highest BCUT2D eigenvalue weighted by atomic mass is 19.1. The van der Waals surface area contributed by atoms with Crippen molar-refractivity contribution in [2.75, 3.05) is 13.2 Å². The first-order valence-electron chi connectivity index (χ1n) is 6.44. The van der Waals surface area contributed by atoms with Gasteiger partial charge in [0.2, 0.25) is 5.91 Å². The van der Waals surface area contributed by atoms with E-state index in [1.165, 1.54) is 12.1 Å². The second-order valence-corrected chi connectivity index (χ2v) is 5.02. The van der Waals surface area contributed by atoms with Gasteiger partial charge in [0.05, 0.1) is 11.6 Å². The van der Waals surface area contributed by atoms with Gasteiger partial charge in [-0.15, -0.1) is 0 Å². The first kappa shape index (κ1) is 14.0. The molecule has 0 spiro atoms. The number of hydrogen-bond donors (Lipinski definition) is 2. The maximum absolute atomic E-state index is 13.1. The highest BCUT2D eigenvalue weighted by Crippen LogP contribution is 2.20. The minimum atomic E-state index is -0.875. The number of nitrogens with two attached hydrogens (primary N) is 1. The smallest absolute Gasteiger partial charge is 0.240 e. The summed E-state index contributed by atoms with van der Waals surface area (Å²) in [5.41, 5.74) is 5.94. The van der Waals surface area contributed by atoms with Crippen LogP contribution in [-0.4, -0.2) is 24.7 Å². The Bertz CT molecular complexity index is 459. The molecule has 1 atom stereocenters. The largest absolute Gasteiger partial charge is 0.381 e. The maximum Gasteiger partial charge on any atom is 0.240 e. The summed E-state index contributed by atoms with van der Waals surface area (Å²) in [5, 5.41) is 2.85. The molecule has 1 fully saturated rings. The number of ether oxygens (including phenoxy) is 1. The highest BCUT2D eigenvalue weighted by Gasteiger charge is 2.36. The summed E-state index contributed by atoms with van der Waals surface area (Å²) >= 11 is 0. The van der Waals surface area contributed by atoms with Crippen LogP contribution in [0.2, 0.25) is 0 Å². The predicted octanol–water partition coefficient (Wildman–Crippen LogP) is 1.51. The lowest BCUT2D eigenvalue weighted by molar-refractivity contribution is -0.130. The molecule has 1 unspecified atom stereocenters. The molecule has 3 N–H and O–H groups in total. The van der Waals surface area contributed by atoms with E-state index in [1.54, 1.807) is 12.1 Å². The molecule has 2 rings (SSSR count). The van der Waals surface area contributed by atoms with Crippen molar-refractivity contribution in [2.24, 2.45) is 5.73 Å². The van der Waals surface area contributed by atoms with Crippen LogP contribution >= 0.6 is 0 Å². The molecular formula is C14H19FN2O2. The average molecular weight is 266 g/mol. The molecule has 19 heavy (non-hydrogen) atoms. The van der Waals surface area contributed by atoms with Crippen molar-refractivity contribution in [3.05, 3.63) is 35.6 Å². The molecule has 104 valence electrons. The van der Waals surface area contributed by atoms with Crippen molar-refractivity contribution in [1.29, 1.82) is 0 Å². The first-order chi connectivity index (χ1) is 9.01. The number of carbonyl (C=O) groups excluding carboxylic acids is 1. The van der Waals surface area contributed by atoms with Crippen LogP contribution in [0.15, 0.2) is 24.3 Å². The predicted molar refractivity (Wildman–Crippen MR) is 69.9 cm³/mol. The van der Waals surface area contributed by atoms with E-state index in [0.29, 0.717) is 26.1 Å². The van der Waals surface area contributed by atoms with Crippen LogP contribution in [0.3, 0.4) is 0 Å². The van der Waals surface area contributed by atoms with Crippen LogP contribution in [0, 0.1) is 5.82 Å². The molecule has 1 saturated heterocycles. The molecule has 4 nitrogen and oxygen atoms in total. The molecule has 5 heteroatoms. The molecule has 0 bridgehead atoms. The number of hydrogen-bond acceptors (Lipinski definition) is 3. The lowest BCUT2D eigenvalue weighted by Gasteiger charge is -2.33. The number of halogens is 1. The summed E-state index contributed by atoms with van der Waals surface area (Å²) in [6, 6.07) is 5.92. The third-order valence-corrected chi connectivity index (χ3v) is 3.53. The number of benzene rings is 1. The molecule has 0 aliphatic carbocycles. The Morgan fingerprint density at radius 2 is 2.16 bits per heavy atom. The van der Waals surface area contributed by atoms with E-state index in [1.807, 2.05) is 6.92 Å². The van der Waals surface area contributed by atoms with E-state index in [9.17, 15) is 9.18 Å². The monoisotopic (exact) mass is 266 g/mol. The van der Waals surface area contributed by atoms with Crippen LogP contribution in [-0.2, 0) is 9.53 Å². The van der Waals surface area contributed by atoms with Gasteiger partial charge < -0.3 is 15.8 Å². The lowest BCUT2D eigenvalue weighted by atomic mass is 9.90. The van der Waals surface area contributed by atoms with E-state index >= 15 is 0 Å². The van der Waals surface area contributed by atoms with Gasteiger partial charge in [-0.2, -0.15) is 0 Å². The zero-order valence-electron chi connectivity index (χ0n) is 11.0. The standard InChI is InChI=1S/C14H19FN2O2/c1-10(11-3-2-4-12(15)9-11)17-13(18)14(16)5-7-19-8-6-14/h2-4,9-10H,5-8,16H2,1H3,(H,17,18). The number of rotatable bonds is 3. The summed E-state index contributed by atoms with van der Waals surface area (Å²) < 4.78 is 18.4. The van der Waals surface area contributed by atoms with E-state index in [-0.39, 0.29) is 17.8 Å². The van der Waals surface area contributed by atoms with Crippen molar-refractivity contribution in [3.8, 4) is 0 Å². The molecule has 1 heterocycles. The van der Waals surface area contributed by atoms with Gasteiger partial charge in [-0.25, -0.2) is 4.39 Å². The van der Waals surface area contributed by atoms with Crippen molar-refractivity contribution < 1.29 is 13.9 Å². The van der Waals surface area contributed by atoms with Gasteiger partial charge in [0.25, 0.3) is 0 Å². The van der Waals surface area contributed by atoms with Gasteiger partial charge in [-0.1, -0.05) is 12.1 Å². The summed E-state index contributed by atoms with van der Waals surface area (Å²) in [6.45, 7) is 2.81. The van der Waals surface area contributed by atoms with Crippen LogP contribution in [0.5, 0.6) is 0 Å². The third kappa shape index (κ3) is 3.30. The minimum Gasteiger partial charge on any atom is -0.381 e. The second-order valence-electron chi connectivity index (χ2n) is 5.02. The Kier molecular flexibility index (Phi) is 4.17. The van der Waals surface area contributed by atoms with Gasteiger partial charge in [0, 0.05) is 13.2 Å². The van der Waals surface area contributed by atoms with Crippen LogP contribution in [0.25, 0.3) is 0 Å². The van der Waals surface area contributed by atoms with E-state index < -0.39 is 5.54 Å². The zero-order valence-corrected chi connectivity index (χ0v) is 11.0. The van der Waals surface area contributed by atoms with Gasteiger partial charge >= 0.3 is 0 Å². The van der Waals surface area contributed by atoms with E-state index in [2.05, 4.69) is 5.32 Å². The summed E-state index contributed by atoms with van der Waals surface area (Å²) in [5.74, 6) is -0.514. The topological polar surface area (TPSA) is 64.4 Å². The fourth-order valence-corrected chi connectivity index (χ4v) is 2.16. The Labute approximate surface area is 112 Å². The highest BCUT2D eigenvalue weighted by molar-refractivity contribution is 5.86. The maximum atomic E-state index is 13.1. The van der Waals surface area contributed by atoms with Crippen LogP contribution in [0.1, 0.15) is 31.4 Å². The van der Waals surface area contributed by atoms with Crippen LogP contribution < -0.4 is 11.1 Å². The van der Waals surface area contributed by atoms with Crippen molar-refractivity contribution in [2.45, 2.75) is 31.3 Å². The van der Waals surface area contributed by atoms with Gasteiger partial charge in [0.1, 0.15) is 5.82 Å². The van der Waals surface area contributed by atoms with E-state index in [0.717, 1.165) is 5.56 Å². The average Bonchev–Trinajstić information content (AvgIpc) is 2.39. The molecule has 1 aliphatic rings. The van der Waals surface area contributed by atoms with Crippen LogP contribution in [0.4, 0.5) is 4.39 Å². The lowest BCUT2D eigenvalue weighted by Crippen LogP contribution is -2.57. The second kappa shape index (κ2) is 5.67. The molecule has 1 amide bonds. The van der Waals surface area contributed by atoms with E-state index in [4.69, 9.17) is 10.5 Å². The number of amides is 1. The molecular weight excluding hydrogens is 247 g/mol. The van der Waals surface area contributed by atoms with Crippen molar-refractivity contribution >= 4 is 5.91 Å². The Morgan fingerprint density at radius 1 is 1.47 bits per heavy atom. The minimum absolute atomic E-state index is 0.201. The Balaban J connectivity index is 2.02. The fourth-order valence-electron chi connectivity index (χ4n) is 2.16. The number of carbonyl (C=O) groups is 1. The molecule has 1 aromatic rings. The molecule has 1 aromatic carbocycles.